The Morgan fingerprint density at radius 2 is 1.90 bits per heavy atom. The highest BCUT2D eigenvalue weighted by molar-refractivity contribution is 7.92. The second kappa shape index (κ2) is 8.40. The molecule has 0 aliphatic heterocycles. The van der Waals surface area contributed by atoms with Crippen molar-refractivity contribution in [2.45, 2.75) is 24.8 Å². The maximum atomic E-state index is 13.7. The summed E-state index contributed by atoms with van der Waals surface area (Å²) in [5.74, 6) is -0.964. The minimum atomic E-state index is -3.99. The van der Waals surface area contributed by atoms with E-state index in [2.05, 4.69) is 15.0 Å². The molecule has 0 bridgehead atoms. The van der Waals surface area contributed by atoms with Gasteiger partial charge in [-0.25, -0.2) is 12.8 Å². The normalized spacial score (nSPS) is 12.2. The Labute approximate surface area is 168 Å². The van der Waals surface area contributed by atoms with Gasteiger partial charge in [0.25, 0.3) is 15.9 Å². The predicted molar refractivity (Wildman–Crippen MR) is 109 cm³/mol. The van der Waals surface area contributed by atoms with E-state index in [9.17, 15) is 17.6 Å². The first-order valence-corrected chi connectivity index (χ1v) is 10.3. The second-order valence-corrected chi connectivity index (χ2v) is 8.26. The molecule has 2 N–H and O–H groups in total. The molecule has 1 aromatic heterocycles. The number of aromatic nitrogens is 1. The van der Waals surface area contributed by atoms with Crippen molar-refractivity contribution in [3.8, 4) is 0 Å². The Kier molecular flexibility index (Phi) is 5.93. The zero-order chi connectivity index (χ0) is 21.0. The molecule has 0 aliphatic carbocycles. The van der Waals surface area contributed by atoms with E-state index in [1.54, 1.807) is 37.5 Å². The van der Waals surface area contributed by atoms with Crippen LogP contribution < -0.4 is 10.0 Å². The quantitative estimate of drug-likeness (QED) is 0.643. The highest BCUT2D eigenvalue weighted by atomic mass is 32.2. The lowest BCUT2D eigenvalue weighted by Gasteiger charge is -2.15. The molecule has 1 unspecified atom stereocenters. The third-order valence-electron chi connectivity index (χ3n) is 4.36. The summed E-state index contributed by atoms with van der Waals surface area (Å²) >= 11 is 0. The van der Waals surface area contributed by atoms with Crippen LogP contribution in [0.3, 0.4) is 0 Å². The molecule has 3 rings (SSSR count). The Bertz CT molecular complexity index is 1130. The maximum Gasteiger partial charge on any atom is 0.261 e. The number of nitrogens with zero attached hydrogens (tertiary/aromatic N) is 1. The molecule has 1 amide bonds. The Morgan fingerprint density at radius 3 is 2.59 bits per heavy atom. The largest absolute Gasteiger partial charge is 0.345 e. The van der Waals surface area contributed by atoms with E-state index in [4.69, 9.17) is 0 Å². The summed E-state index contributed by atoms with van der Waals surface area (Å²) < 4.78 is 41.2. The van der Waals surface area contributed by atoms with Gasteiger partial charge in [0.15, 0.2) is 0 Å². The molecular weight excluding hydrogens is 393 g/mol. The predicted octanol–water partition coefficient (Wildman–Crippen LogP) is 3.82. The Hall–Kier alpha value is -3.26. The van der Waals surface area contributed by atoms with Gasteiger partial charge in [-0.3, -0.25) is 14.5 Å². The number of hydrogen-bond acceptors (Lipinski definition) is 4. The minimum absolute atomic E-state index is 0.194. The molecule has 8 heteroatoms. The number of nitrogens with one attached hydrogen (secondary N) is 2. The van der Waals surface area contributed by atoms with Crippen LogP contribution in [0.2, 0.25) is 0 Å². The van der Waals surface area contributed by atoms with Crippen molar-refractivity contribution in [2.75, 3.05) is 4.72 Å². The summed E-state index contributed by atoms with van der Waals surface area (Å²) in [7, 11) is -3.99. The van der Waals surface area contributed by atoms with E-state index in [1.165, 1.54) is 24.3 Å². The van der Waals surface area contributed by atoms with Crippen molar-refractivity contribution in [1.29, 1.82) is 0 Å². The summed E-state index contributed by atoms with van der Waals surface area (Å²) in [5, 5.41) is 2.84. The number of rotatable bonds is 6. The zero-order valence-electron chi connectivity index (χ0n) is 15.9. The van der Waals surface area contributed by atoms with E-state index >= 15 is 0 Å². The van der Waals surface area contributed by atoms with E-state index in [0.29, 0.717) is 5.56 Å². The van der Waals surface area contributed by atoms with Crippen LogP contribution in [0.4, 0.5) is 10.1 Å². The molecule has 3 aromatic rings. The fourth-order valence-corrected chi connectivity index (χ4v) is 3.74. The summed E-state index contributed by atoms with van der Waals surface area (Å²) in [6.45, 7) is 3.38. The van der Waals surface area contributed by atoms with Crippen LogP contribution >= 0.6 is 0 Å². The Morgan fingerprint density at radius 1 is 1.10 bits per heavy atom. The first-order valence-electron chi connectivity index (χ1n) is 8.86. The van der Waals surface area contributed by atoms with Crippen molar-refractivity contribution in [3.05, 3.63) is 89.5 Å². The molecule has 6 nitrogen and oxygen atoms in total. The lowest BCUT2D eigenvalue weighted by atomic mass is 10.1. The molecule has 0 radical (unpaired) electrons. The van der Waals surface area contributed by atoms with E-state index in [0.717, 1.165) is 11.6 Å². The average Bonchev–Trinajstić information content (AvgIpc) is 2.70. The first-order chi connectivity index (χ1) is 13.8. The fraction of sp³-hybridized carbons (Fsp3) is 0.143. The Balaban J connectivity index is 1.76. The highest BCUT2D eigenvalue weighted by Gasteiger charge is 2.17. The SMILES string of the molecule is Cc1ccc(S(=O)(=O)Nc2cccc(C(=O)NC(C)c3cccnc3)c2)cc1F. The number of halogens is 1. The fourth-order valence-electron chi connectivity index (χ4n) is 2.67. The standard InChI is InChI=1S/C21H20FN3O3S/c1-14-8-9-19(12-20(14)22)29(27,28)25-18-7-3-5-16(11-18)21(26)24-15(2)17-6-4-10-23-13-17/h3-13,15,25H,1-2H3,(H,24,26). The van der Waals surface area contributed by atoms with Crippen LogP contribution in [0.1, 0.15) is 34.5 Å². The van der Waals surface area contributed by atoms with Gasteiger partial charge in [0.2, 0.25) is 0 Å². The maximum absolute atomic E-state index is 13.7. The van der Waals surface area contributed by atoms with Crippen LogP contribution in [0, 0.1) is 12.7 Å². The third-order valence-corrected chi connectivity index (χ3v) is 5.74. The van der Waals surface area contributed by atoms with Gasteiger partial charge < -0.3 is 5.32 Å². The number of carbonyl (C=O) groups excluding carboxylic acids is 1. The number of benzene rings is 2. The number of amides is 1. The zero-order valence-corrected chi connectivity index (χ0v) is 16.7. The van der Waals surface area contributed by atoms with Crippen LogP contribution in [-0.2, 0) is 10.0 Å². The van der Waals surface area contributed by atoms with Gasteiger partial charge in [-0.15, -0.1) is 0 Å². The molecule has 2 aromatic carbocycles. The van der Waals surface area contributed by atoms with Crippen LogP contribution in [0.5, 0.6) is 0 Å². The number of aryl methyl sites for hydroxylation is 1. The number of anilines is 1. The van der Waals surface area contributed by atoms with Crippen molar-refractivity contribution < 1.29 is 17.6 Å². The van der Waals surface area contributed by atoms with Gasteiger partial charge in [0, 0.05) is 23.6 Å². The summed E-state index contributed by atoms with van der Waals surface area (Å²) in [6.07, 6.45) is 3.31. The van der Waals surface area contributed by atoms with Gasteiger partial charge in [-0.1, -0.05) is 18.2 Å². The molecule has 150 valence electrons. The van der Waals surface area contributed by atoms with Gasteiger partial charge in [-0.2, -0.15) is 0 Å². The topological polar surface area (TPSA) is 88.2 Å². The van der Waals surface area contributed by atoms with Gasteiger partial charge >= 0.3 is 0 Å². The first kappa shape index (κ1) is 20.5. The summed E-state index contributed by atoms with van der Waals surface area (Å²) in [4.78, 5) is 16.4. The van der Waals surface area contributed by atoms with E-state index < -0.39 is 15.8 Å². The van der Waals surface area contributed by atoms with Gasteiger partial charge in [-0.05, 0) is 61.4 Å². The average molecular weight is 413 g/mol. The van der Waals surface area contributed by atoms with E-state index in [-0.39, 0.29) is 28.1 Å². The van der Waals surface area contributed by atoms with Crippen LogP contribution in [0.15, 0.2) is 71.9 Å². The van der Waals surface area contributed by atoms with E-state index in [1.807, 2.05) is 13.0 Å². The van der Waals surface area contributed by atoms with Crippen LogP contribution in [-0.4, -0.2) is 19.3 Å². The van der Waals surface area contributed by atoms with Gasteiger partial charge in [0.05, 0.1) is 10.9 Å². The van der Waals surface area contributed by atoms with Crippen LogP contribution in [0.25, 0.3) is 0 Å². The third kappa shape index (κ3) is 4.97. The van der Waals surface area contributed by atoms with Crippen molar-refractivity contribution in [1.82, 2.24) is 10.3 Å². The molecule has 0 aliphatic rings. The minimum Gasteiger partial charge on any atom is -0.345 e. The molecule has 0 saturated heterocycles. The monoisotopic (exact) mass is 413 g/mol. The smallest absolute Gasteiger partial charge is 0.261 e. The van der Waals surface area contributed by atoms with Crippen molar-refractivity contribution >= 4 is 21.6 Å². The highest BCUT2D eigenvalue weighted by Crippen LogP contribution is 2.20. The lowest BCUT2D eigenvalue weighted by Crippen LogP contribution is -2.26. The molecule has 1 atom stereocenters. The second-order valence-electron chi connectivity index (χ2n) is 6.58. The number of pyridine rings is 1. The summed E-state index contributed by atoms with van der Waals surface area (Å²) in [6, 6.07) is 13.1. The number of carbonyl (C=O) groups is 1. The molecule has 29 heavy (non-hydrogen) atoms. The molecule has 0 spiro atoms. The lowest BCUT2D eigenvalue weighted by molar-refractivity contribution is 0.0940. The summed E-state index contributed by atoms with van der Waals surface area (Å²) in [5.41, 5.74) is 1.69. The molecule has 1 heterocycles. The van der Waals surface area contributed by atoms with Gasteiger partial charge in [0.1, 0.15) is 5.82 Å². The number of hydrogen-bond donors (Lipinski definition) is 2. The number of sulfonamides is 1. The molecular formula is C21H20FN3O3S. The van der Waals surface area contributed by atoms with Crippen molar-refractivity contribution in [3.63, 3.8) is 0 Å². The molecule has 0 saturated carbocycles. The molecule has 0 fully saturated rings. The van der Waals surface area contributed by atoms with Crippen molar-refractivity contribution in [2.24, 2.45) is 0 Å².